The second-order valence-corrected chi connectivity index (χ2v) is 6.93. The number of hydrogen-bond acceptors (Lipinski definition) is 3. The van der Waals surface area contributed by atoms with Gasteiger partial charge in [0.1, 0.15) is 11.9 Å². The van der Waals surface area contributed by atoms with Gasteiger partial charge >= 0.3 is 5.97 Å². The van der Waals surface area contributed by atoms with Gasteiger partial charge in [-0.1, -0.05) is 38.1 Å². The van der Waals surface area contributed by atoms with E-state index in [2.05, 4.69) is 10.6 Å². The van der Waals surface area contributed by atoms with Crippen molar-refractivity contribution in [2.24, 2.45) is 5.92 Å². The topological polar surface area (TPSA) is 95.5 Å². The average molecular weight is 386 g/mol. The van der Waals surface area contributed by atoms with Crippen LogP contribution in [0.5, 0.6) is 0 Å². The number of aliphatic carboxylic acids is 1. The first-order valence-corrected chi connectivity index (χ1v) is 8.89. The van der Waals surface area contributed by atoms with Gasteiger partial charge in [0.25, 0.3) is 11.8 Å². The lowest BCUT2D eigenvalue weighted by Gasteiger charge is -2.19. The maximum Gasteiger partial charge on any atom is 0.326 e. The summed E-state index contributed by atoms with van der Waals surface area (Å²) in [6.45, 7) is 5.40. The van der Waals surface area contributed by atoms with Gasteiger partial charge in [-0.2, -0.15) is 0 Å². The Morgan fingerprint density at radius 3 is 2.25 bits per heavy atom. The summed E-state index contributed by atoms with van der Waals surface area (Å²) in [5, 5.41) is 14.4. The minimum absolute atomic E-state index is 0.0686. The Bertz CT molecular complexity index is 896. The van der Waals surface area contributed by atoms with E-state index in [1.165, 1.54) is 30.3 Å². The van der Waals surface area contributed by atoms with E-state index in [0.717, 1.165) is 0 Å². The molecule has 0 saturated carbocycles. The van der Waals surface area contributed by atoms with E-state index < -0.39 is 29.6 Å². The number of amides is 2. The monoisotopic (exact) mass is 386 g/mol. The molecular weight excluding hydrogens is 363 g/mol. The first-order valence-electron chi connectivity index (χ1n) is 8.89. The third-order valence-electron chi connectivity index (χ3n) is 4.18. The highest BCUT2D eigenvalue weighted by Crippen LogP contribution is 2.22. The Balaban J connectivity index is 2.30. The highest BCUT2D eigenvalue weighted by Gasteiger charge is 2.24. The predicted molar refractivity (Wildman–Crippen MR) is 104 cm³/mol. The van der Waals surface area contributed by atoms with Crippen LogP contribution in [0.2, 0.25) is 0 Å². The molecule has 2 rings (SSSR count). The van der Waals surface area contributed by atoms with Crippen molar-refractivity contribution in [2.75, 3.05) is 5.32 Å². The van der Waals surface area contributed by atoms with Crippen LogP contribution in [-0.2, 0) is 4.79 Å². The molecule has 0 aliphatic heterocycles. The Morgan fingerprint density at radius 2 is 1.64 bits per heavy atom. The van der Waals surface area contributed by atoms with E-state index in [9.17, 15) is 23.9 Å². The van der Waals surface area contributed by atoms with E-state index >= 15 is 0 Å². The molecule has 2 amide bonds. The lowest BCUT2D eigenvalue weighted by Crippen LogP contribution is -2.42. The van der Waals surface area contributed by atoms with Gasteiger partial charge in [0.15, 0.2) is 0 Å². The smallest absolute Gasteiger partial charge is 0.326 e. The fraction of sp³-hybridized carbons (Fsp3) is 0.286. The van der Waals surface area contributed by atoms with Crippen LogP contribution in [-0.4, -0.2) is 28.9 Å². The zero-order chi connectivity index (χ0) is 20.8. The largest absolute Gasteiger partial charge is 0.480 e. The summed E-state index contributed by atoms with van der Waals surface area (Å²) in [5.74, 6) is -3.06. The Kier molecular flexibility index (Phi) is 6.87. The maximum atomic E-state index is 13.9. The summed E-state index contributed by atoms with van der Waals surface area (Å²) in [7, 11) is 0. The standard InChI is InChI=1S/C21H23FN2O4/c1-12(2)11-17(21(27)28)23-20(26)15-9-6-7-13(3)18(15)24-19(25)14-8-4-5-10-16(14)22/h4-10,12,17H,11H2,1-3H3,(H,23,26)(H,24,25)(H,27,28)/t17-/m1/s1. The molecule has 148 valence electrons. The average Bonchev–Trinajstić information content (AvgIpc) is 2.62. The summed E-state index contributed by atoms with van der Waals surface area (Å²) in [5.41, 5.74) is 0.759. The van der Waals surface area contributed by atoms with E-state index in [-0.39, 0.29) is 29.2 Å². The van der Waals surface area contributed by atoms with Crippen molar-refractivity contribution < 1.29 is 23.9 Å². The van der Waals surface area contributed by atoms with Crippen LogP contribution >= 0.6 is 0 Å². The van der Waals surface area contributed by atoms with Crippen LogP contribution in [0.3, 0.4) is 0 Å². The van der Waals surface area contributed by atoms with Crippen molar-refractivity contribution >= 4 is 23.5 Å². The van der Waals surface area contributed by atoms with Gasteiger partial charge in [-0.25, -0.2) is 9.18 Å². The summed E-state index contributed by atoms with van der Waals surface area (Å²) < 4.78 is 13.9. The van der Waals surface area contributed by atoms with Gasteiger partial charge in [0, 0.05) is 0 Å². The fourth-order valence-corrected chi connectivity index (χ4v) is 2.78. The van der Waals surface area contributed by atoms with Gasteiger partial charge in [-0.05, 0) is 43.0 Å². The minimum Gasteiger partial charge on any atom is -0.480 e. The van der Waals surface area contributed by atoms with E-state index in [4.69, 9.17) is 0 Å². The van der Waals surface area contributed by atoms with Crippen molar-refractivity contribution in [3.8, 4) is 0 Å². The molecule has 3 N–H and O–H groups in total. The van der Waals surface area contributed by atoms with Crippen LogP contribution < -0.4 is 10.6 Å². The number of anilines is 1. The third-order valence-corrected chi connectivity index (χ3v) is 4.18. The van der Waals surface area contributed by atoms with Gasteiger partial charge in [-0.3, -0.25) is 9.59 Å². The quantitative estimate of drug-likeness (QED) is 0.677. The molecule has 0 unspecified atom stereocenters. The van der Waals surface area contributed by atoms with Crippen LogP contribution in [0.15, 0.2) is 42.5 Å². The number of carboxylic acid groups (broad SMARTS) is 1. The van der Waals surface area contributed by atoms with Gasteiger partial charge < -0.3 is 15.7 Å². The molecule has 0 saturated heterocycles. The summed E-state index contributed by atoms with van der Waals surface area (Å²) in [6.07, 6.45) is 0.268. The molecule has 1 atom stereocenters. The molecule has 2 aromatic carbocycles. The number of nitrogens with one attached hydrogen (secondary N) is 2. The number of benzene rings is 2. The molecule has 28 heavy (non-hydrogen) atoms. The Hall–Kier alpha value is -3.22. The van der Waals surface area contributed by atoms with Crippen molar-refractivity contribution in [3.63, 3.8) is 0 Å². The SMILES string of the molecule is Cc1cccc(C(=O)N[C@H](CC(C)C)C(=O)O)c1NC(=O)c1ccccc1F. The Labute approximate surface area is 162 Å². The van der Waals surface area contributed by atoms with Crippen LogP contribution in [0.1, 0.15) is 46.5 Å². The van der Waals surface area contributed by atoms with Crippen molar-refractivity contribution in [1.29, 1.82) is 0 Å². The first kappa shape index (κ1) is 21.1. The third kappa shape index (κ3) is 5.16. The summed E-state index contributed by atoms with van der Waals surface area (Å²) in [6, 6.07) is 9.26. The molecule has 0 aromatic heterocycles. The molecule has 0 aliphatic carbocycles. The second-order valence-electron chi connectivity index (χ2n) is 6.93. The van der Waals surface area contributed by atoms with Crippen molar-refractivity contribution in [1.82, 2.24) is 5.32 Å². The first-order chi connectivity index (χ1) is 13.2. The summed E-state index contributed by atoms with van der Waals surface area (Å²) >= 11 is 0. The number of para-hydroxylation sites is 1. The van der Waals surface area contributed by atoms with Crippen molar-refractivity contribution in [3.05, 3.63) is 65.0 Å². The number of rotatable bonds is 7. The number of carbonyl (C=O) groups is 3. The van der Waals surface area contributed by atoms with Crippen LogP contribution in [0.25, 0.3) is 0 Å². The highest BCUT2D eigenvalue weighted by atomic mass is 19.1. The maximum absolute atomic E-state index is 13.9. The normalized spacial score (nSPS) is 11.8. The van der Waals surface area contributed by atoms with E-state index in [1.54, 1.807) is 19.1 Å². The number of hydrogen-bond donors (Lipinski definition) is 3. The molecule has 0 radical (unpaired) electrons. The van der Waals surface area contributed by atoms with Gasteiger partial charge in [0.05, 0.1) is 16.8 Å². The molecular formula is C21H23FN2O4. The number of carbonyl (C=O) groups excluding carboxylic acids is 2. The second kappa shape index (κ2) is 9.12. The number of halogens is 1. The molecule has 0 spiro atoms. The molecule has 0 fully saturated rings. The van der Waals surface area contributed by atoms with Crippen LogP contribution in [0.4, 0.5) is 10.1 Å². The zero-order valence-electron chi connectivity index (χ0n) is 16.0. The summed E-state index contributed by atoms with van der Waals surface area (Å²) in [4.78, 5) is 36.6. The molecule has 0 bridgehead atoms. The predicted octanol–water partition coefficient (Wildman–Crippen LogP) is 3.62. The molecule has 2 aromatic rings. The number of carboxylic acids is 1. The molecule has 0 aliphatic rings. The van der Waals surface area contributed by atoms with E-state index in [0.29, 0.717) is 5.56 Å². The van der Waals surface area contributed by atoms with Crippen molar-refractivity contribution in [2.45, 2.75) is 33.2 Å². The zero-order valence-corrected chi connectivity index (χ0v) is 16.0. The lowest BCUT2D eigenvalue weighted by molar-refractivity contribution is -0.139. The van der Waals surface area contributed by atoms with Gasteiger partial charge in [-0.15, -0.1) is 0 Å². The highest BCUT2D eigenvalue weighted by molar-refractivity contribution is 6.10. The molecule has 6 nitrogen and oxygen atoms in total. The fourth-order valence-electron chi connectivity index (χ4n) is 2.78. The van der Waals surface area contributed by atoms with Crippen LogP contribution in [0, 0.1) is 18.7 Å². The minimum atomic E-state index is -1.13. The van der Waals surface area contributed by atoms with E-state index in [1.807, 2.05) is 13.8 Å². The number of aryl methyl sites for hydroxylation is 1. The van der Waals surface area contributed by atoms with Gasteiger partial charge in [0.2, 0.25) is 0 Å². The molecule has 0 heterocycles. The lowest BCUT2D eigenvalue weighted by atomic mass is 10.0. The molecule has 7 heteroatoms. The Morgan fingerprint density at radius 1 is 1.00 bits per heavy atom.